The Hall–Kier alpha value is -1.25. The molecule has 2 rings (SSSR count). The van der Waals surface area contributed by atoms with Gasteiger partial charge in [0.1, 0.15) is 5.82 Å². The van der Waals surface area contributed by atoms with Crippen molar-refractivity contribution >= 4 is 28.9 Å². The summed E-state index contributed by atoms with van der Waals surface area (Å²) in [6, 6.07) is 9.90. The summed E-state index contributed by atoms with van der Waals surface area (Å²) in [6.07, 6.45) is 0. The first kappa shape index (κ1) is 13.2. The summed E-state index contributed by atoms with van der Waals surface area (Å²) >= 11 is 12.0. The second-order valence-corrected chi connectivity index (χ2v) is 4.88. The molecule has 0 bridgehead atoms. The van der Waals surface area contributed by atoms with Gasteiger partial charge < -0.3 is 5.32 Å². The molecule has 2 aromatic carbocycles. The quantitative estimate of drug-likeness (QED) is 0.831. The molecule has 0 radical (unpaired) electrons. The van der Waals surface area contributed by atoms with E-state index in [2.05, 4.69) is 5.32 Å². The first-order valence-corrected chi connectivity index (χ1v) is 6.26. The summed E-state index contributed by atoms with van der Waals surface area (Å²) in [6.45, 7) is 2.48. The molecule has 18 heavy (non-hydrogen) atoms. The van der Waals surface area contributed by atoms with Gasteiger partial charge in [-0.2, -0.15) is 0 Å². The largest absolute Gasteiger partial charge is 0.381 e. The molecular formula is C14H12Cl2FN. The van der Waals surface area contributed by atoms with E-state index >= 15 is 0 Å². The first-order chi connectivity index (χ1) is 8.56. The predicted octanol–water partition coefficient (Wildman–Crippen LogP) is 5.05. The summed E-state index contributed by atoms with van der Waals surface area (Å²) in [5, 5.41) is 4.38. The van der Waals surface area contributed by atoms with Crippen LogP contribution in [-0.4, -0.2) is 0 Å². The van der Waals surface area contributed by atoms with Crippen LogP contribution in [0.1, 0.15) is 11.1 Å². The standard InChI is InChI=1S/C14H12Cl2FN/c1-9-10(5-11(15)6-14(9)16)8-18-13-4-2-3-12(17)7-13/h2-7,18H,8H2,1H3. The average molecular weight is 284 g/mol. The maximum atomic E-state index is 13.0. The molecule has 0 amide bonds. The van der Waals surface area contributed by atoms with Crippen LogP contribution in [0, 0.1) is 12.7 Å². The topological polar surface area (TPSA) is 12.0 Å². The van der Waals surface area contributed by atoms with E-state index in [-0.39, 0.29) is 5.82 Å². The molecule has 0 aromatic heterocycles. The fourth-order valence-electron chi connectivity index (χ4n) is 1.68. The first-order valence-electron chi connectivity index (χ1n) is 5.50. The van der Waals surface area contributed by atoms with Crippen molar-refractivity contribution in [2.75, 3.05) is 5.32 Å². The van der Waals surface area contributed by atoms with Crippen molar-refractivity contribution in [1.82, 2.24) is 0 Å². The monoisotopic (exact) mass is 283 g/mol. The summed E-state index contributed by atoms with van der Waals surface area (Å²) in [5.41, 5.74) is 2.70. The second kappa shape index (κ2) is 5.59. The zero-order chi connectivity index (χ0) is 13.1. The summed E-state index contributed by atoms with van der Waals surface area (Å²) in [7, 11) is 0. The molecule has 0 aliphatic carbocycles. The number of benzene rings is 2. The molecule has 0 atom stereocenters. The van der Waals surface area contributed by atoms with E-state index in [1.165, 1.54) is 12.1 Å². The zero-order valence-electron chi connectivity index (χ0n) is 9.81. The Morgan fingerprint density at radius 3 is 2.67 bits per heavy atom. The van der Waals surface area contributed by atoms with Crippen LogP contribution in [0.3, 0.4) is 0 Å². The van der Waals surface area contributed by atoms with Crippen molar-refractivity contribution < 1.29 is 4.39 Å². The molecule has 0 aliphatic heterocycles. The number of halogens is 3. The third kappa shape index (κ3) is 3.15. The molecule has 2 aromatic rings. The lowest BCUT2D eigenvalue weighted by Gasteiger charge is -2.11. The lowest BCUT2D eigenvalue weighted by molar-refractivity contribution is 0.628. The van der Waals surface area contributed by atoms with E-state index < -0.39 is 0 Å². The van der Waals surface area contributed by atoms with E-state index in [0.717, 1.165) is 16.8 Å². The van der Waals surface area contributed by atoms with Gasteiger partial charge in [-0.05, 0) is 48.4 Å². The van der Waals surface area contributed by atoms with Crippen molar-refractivity contribution in [1.29, 1.82) is 0 Å². The Bertz CT molecular complexity index is 570. The second-order valence-electron chi connectivity index (χ2n) is 4.04. The van der Waals surface area contributed by atoms with Gasteiger partial charge in [0.05, 0.1) is 0 Å². The van der Waals surface area contributed by atoms with Crippen LogP contribution in [0.25, 0.3) is 0 Å². The third-order valence-corrected chi connectivity index (χ3v) is 3.34. The number of anilines is 1. The fraction of sp³-hybridized carbons (Fsp3) is 0.143. The molecule has 1 nitrogen and oxygen atoms in total. The van der Waals surface area contributed by atoms with Gasteiger partial charge >= 0.3 is 0 Å². The van der Waals surface area contributed by atoms with E-state index in [1.807, 2.05) is 19.1 Å². The zero-order valence-corrected chi connectivity index (χ0v) is 11.3. The molecule has 0 saturated carbocycles. The summed E-state index contributed by atoms with van der Waals surface area (Å²) < 4.78 is 13.0. The maximum absolute atomic E-state index is 13.0. The molecule has 0 spiro atoms. The average Bonchev–Trinajstić information content (AvgIpc) is 2.32. The van der Waals surface area contributed by atoms with Gasteiger partial charge in [-0.3, -0.25) is 0 Å². The van der Waals surface area contributed by atoms with Gasteiger partial charge in [-0.1, -0.05) is 29.3 Å². The number of hydrogen-bond acceptors (Lipinski definition) is 1. The van der Waals surface area contributed by atoms with Crippen LogP contribution >= 0.6 is 23.2 Å². The Labute approximate surface area is 116 Å². The molecule has 0 fully saturated rings. The van der Waals surface area contributed by atoms with Crippen LogP contribution in [-0.2, 0) is 6.54 Å². The van der Waals surface area contributed by atoms with Gasteiger partial charge in [0.15, 0.2) is 0 Å². The smallest absolute Gasteiger partial charge is 0.125 e. The van der Waals surface area contributed by atoms with Crippen LogP contribution in [0.15, 0.2) is 36.4 Å². The predicted molar refractivity (Wildman–Crippen MR) is 74.9 cm³/mol. The Morgan fingerprint density at radius 1 is 1.17 bits per heavy atom. The Kier molecular flexibility index (Phi) is 4.10. The van der Waals surface area contributed by atoms with E-state index in [0.29, 0.717) is 16.6 Å². The highest BCUT2D eigenvalue weighted by Crippen LogP contribution is 2.25. The minimum Gasteiger partial charge on any atom is -0.381 e. The SMILES string of the molecule is Cc1c(Cl)cc(Cl)cc1CNc1cccc(F)c1. The van der Waals surface area contributed by atoms with Crippen molar-refractivity contribution in [2.24, 2.45) is 0 Å². The van der Waals surface area contributed by atoms with Gasteiger partial charge in [-0.15, -0.1) is 0 Å². The molecular weight excluding hydrogens is 272 g/mol. The normalized spacial score (nSPS) is 10.4. The highest BCUT2D eigenvalue weighted by Gasteiger charge is 2.05. The minimum absolute atomic E-state index is 0.263. The van der Waals surface area contributed by atoms with Crippen molar-refractivity contribution in [3.8, 4) is 0 Å². The van der Waals surface area contributed by atoms with E-state index in [9.17, 15) is 4.39 Å². The Balaban J connectivity index is 2.15. The Morgan fingerprint density at radius 2 is 1.94 bits per heavy atom. The van der Waals surface area contributed by atoms with Crippen molar-refractivity contribution in [3.05, 3.63) is 63.4 Å². The van der Waals surface area contributed by atoms with Crippen LogP contribution < -0.4 is 5.32 Å². The highest BCUT2D eigenvalue weighted by molar-refractivity contribution is 6.35. The summed E-state index contributed by atoms with van der Waals surface area (Å²) in [5.74, 6) is -0.263. The van der Waals surface area contributed by atoms with Crippen molar-refractivity contribution in [3.63, 3.8) is 0 Å². The van der Waals surface area contributed by atoms with Crippen LogP contribution in [0.2, 0.25) is 10.0 Å². The molecule has 1 N–H and O–H groups in total. The van der Waals surface area contributed by atoms with Crippen LogP contribution in [0.5, 0.6) is 0 Å². The number of hydrogen-bond donors (Lipinski definition) is 1. The molecule has 0 saturated heterocycles. The van der Waals surface area contributed by atoms with E-state index in [4.69, 9.17) is 23.2 Å². The molecule has 0 unspecified atom stereocenters. The third-order valence-electron chi connectivity index (χ3n) is 2.72. The highest BCUT2D eigenvalue weighted by atomic mass is 35.5. The van der Waals surface area contributed by atoms with E-state index in [1.54, 1.807) is 12.1 Å². The molecule has 94 valence electrons. The van der Waals surface area contributed by atoms with Crippen molar-refractivity contribution in [2.45, 2.75) is 13.5 Å². The van der Waals surface area contributed by atoms with Gasteiger partial charge in [-0.25, -0.2) is 4.39 Å². The summed E-state index contributed by atoms with van der Waals surface area (Å²) in [4.78, 5) is 0. The number of nitrogens with one attached hydrogen (secondary N) is 1. The van der Waals surface area contributed by atoms with Gasteiger partial charge in [0.2, 0.25) is 0 Å². The van der Waals surface area contributed by atoms with Gasteiger partial charge in [0, 0.05) is 22.3 Å². The lowest BCUT2D eigenvalue weighted by atomic mass is 10.1. The molecule has 0 heterocycles. The van der Waals surface area contributed by atoms with Gasteiger partial charge in [0.25, 0.3) is 0 Å². The molecule has 4 heteroatoms. The number of rotatable bonds is 3. The fourth-order valence-corrected chi connectivity index (χ4v) is 2.21. The maximum Gasteiger partial charge on any atom is 0.125 e. The minimum atomic E-state index is -0.263. The lowest BCUT2D eigenvalue weighted by Crippen LogP contribution is -2.02. The molecule has 0 aliphatic rings. The van der Waals surface area contributed by atoms with Crippen LogP contribution in [0.4, 0.5) is 10.1 Å².